The van der Waals surface area contributed by atoms with Gasteiger partial charge in [0.15, 0.2) is 18.2 Å². The quantitative estimate of drug-likeness (QED) is 0.598. The zero-order valence-corrected chi connectivity index (χ0v) is 15.4. The third kappa shape index (κ3) is 4.19. The Bertz CT molecular complexity index is 871. The smallest absolute Gasteiger partial charge is 0.286 e. The maximum atomic E-state index is 12.4. The molecule has 1 aromatic heterocycles. The highest BCUT2D eigenvalue weighted by Crippen LogP contribution is 2.34. The van der Waals surface area contributed by atoms with Crippen LogP contribution in [0.1, 0.15) is 53.4 Å². The molecule has 2 amide bonds. The van der Waals surface area contributed by atoms with E-state index in [4.69, 9.17) is 9.15 Å². The second-order valence-corrected chi connectivity index (χ2v) is 6.38. The van der Waals surface area contributed by atoms with E-state index in [1.54, 1.807) is 30.3 Å². The second kappa shape index (κ2) is 8.07. The average Bonchev–Trinajstić information content (AvgIpc) is 3.12. The predicted molar refractivity (Wildman–Crippen MR) is 99.1 cm³/mol. The number of hydrogen-bond acceptors (Lipinski definition) is 5. The number of carbonyl (C=O) groups is 3. The molecule has 0 fully saturated rings. The van der Waals surface area contributed by atoms with E-state index in [9.17, 15) is 14.4 Å². The monoisotopic (exact) mass is 370 g/mol. The van der Waals surface area contributed by atoms with Gasteiger partial charge in [-0.25, -0.2) is 0 Å². The Morgan fingerprint density at radius 2 is 2.04 bits per heavy atom. The summed E-state index contributed by atoms with van der Waals surface area (Å²) in [6.07, 6.45) is 1.89. The van der Waals surface area contributed by atoms with Crippen LogP contribution in [0.2, 0.25) is 0 Å². The molecule has 0 bridgehead atoms. The van der Waals surface area contributed by atoms with Gasteiger partial charge in [0.05, 0.1) is 12.2 Å². The van der Waals surface area contributed by atoms with Crippen LogP contribution in [-0.2, 0) is 11.3 Å². The summed E-state index contributed by atoms with van der Waals surface area (Å²) in [6, 6.07) is 8.25. The van der Waals surface area contributed by atoms with Gasteiger partial charge in [-0.3, -0.25) is 19.3 Å². The Hall–Kier alpha value is -3.09. The van der Waals surface area contributed by atoms with Crippen molar-refractivity contribution in [1.82, 2.24) is 5.32 Å². The zero-order chi connectivity index (χ0) is 19.4. The van der Waals surface area contributed by atoms with Crippen molar-refractivity contribution in [3.63, 3.8) is 0 Å². The summed E-state index contributed by atoms with van der Waals surface area (Å²) in [5.41, 5.74) is 1.01. The van der Waals surface area contributed by atoms with Crippen LogP contribution in [0.3, 0.4) is 0 Å². The fourth-order valence-electron chi connectivity index (χ4n) is 2.80. The minimum absolute atomic E-state index is 0.0858. The molecular formula is C20H22N2O5. The highest BCUT2D eigenvalue weighted by molar-refractivity contribution is 6.01. The van der Waals surface area contributed by atoms with Crippen molar-refractivity contribution in [3.8, 4) is 5.75 Å². The molecule has 7 heteroatoms. The maximum absolute atomic E-state index is 12.4. The van der Waals surface area contributed by atoms with Crippen molar-refractivity contribution in [3.05, 3.63) is 47.4 Å². The Morgan fingerprint density at radius 3 is 2.78 bits per heavy atom. The third-order valence-electron chi connectivity index (χ3n) is 4.32. The number of rotatable bonds is 7. The van der Waals surface area contributed by atoms with E-state index in [1.165, 1.54) is 11.8 Å². The van der Waals surface area contributed by atoms with E-state index in [2.05, 4.69) is 5.32 Å². The van der Waals surface area contributed by atoms with Crippen molar-refractivity contribution in [2.45, 2.75) is 33.2 Å². The summed E-state index contributed by atoms with van der Waals surface area (Å²) in [6.45, 7) is 4.17. The van der Waals surface area contributed by atoms with Gasteiger partial charge in [-0.1, -0.05) is 13.3 Å². The summed E-state index contributed by atoms with van der Waals surface area (Å²) in [4.78, 5) is 37.6. The SMILES string of the molecule is CCCCNC(=O)c1ccc(CN2C(=O)COc3ccc(C(C)=O)cc32)o1. The van der Waals surface area contributed by atoms with Crippen molar-refractivity contribution in [2.24, 2.45) is 0 Å². The maximum Gasteiger partial charge on any atom is 0.286 e. The number of carbonyl (C=O) groups excluding carboxylic acids is 3. The molecule has 7 nitrogen and oxygen atoms in total. The molecule has 1 N–H and O–H groups in total. The number of unbranched alkanes of at least 4 members (excludes halogenated alkanes) is 1. The van der Waals surface area contributed by atoms with Gasteiger partial charge in [0, 0.05) is 12.1 Å². The van der Waals surface area contributed by atoms with Gasteiger partial charge in [0.2, 0.25) is 0 Å². The highest BCUT2D eigenvalue weighted by atomic mass is 16.5. The zero-order valence-electron chi connectivity index (χ0n) is 15.4. The first-order chi connectivity index (χ1) is 13.0. The van der Waals surface area contributed by atoms with Crippen LogP contribution in [-0.4, -0.2) is 30.7 Å². The predicted octanol–water partition coefficient (Wildman–Crippen LogP) is 2.94. The summed E-state index contributed by atoms with van der Waals surface area (Å²) in [5.74, 6) is 0.601. The molecule has 27 heavy (non-hydrogen) atoms. The number of nitrogens with zero attached hydrogens (tertiary/aromatic N) is 1. The fourth-order valence-corrected chi connectivity index (χ4v) is 2.80. The van der Waals surface area contributed by atoms with E-state index >= 15 is 0 Å². The van der Waals surface area contributed by atoms with Crippen molar-refractivity contribution < 1.29 is 23.5 Å². The molecular weight excluding hydrogens is 348 g/mol. The number of anilines is 1. The first-order valence-electron chi connectivity index (χ1n) is 8.94. The lowest BCUT2D eigenvalue weighted by Gasteiger charge is -2.29. The molecule has 0 saturated carbocycles. The van der Waals surface area contributed by atoms with Crippen LogP contribution in [0, 0.1) is 0 Å². The molecule has 2 aromatic rings. The molecule has 0 saturated heterocycles. The molecule has 2 heterocycles. The van der Waals surface area contributed by atoms with Crippen LogP contribution >= 0.6 is 0 Å². The molecule has 0 atom stereocenters. The number of hydrogen-bond donors (Lipinski definition) is 1. The number of Topliss-reactive ketones (excluding diaryl/α,β-unsaturated/α-hetero) is 1. The number of ether oxygens (including phenoxy) is 1. The van der Waals surface area contributed by atoms with Crippen molar-refractivity contribution >= 4 is 23.3 Å². The molecule has 142 valence electrons. The molecule has 1 aliphatic heterocycles. The lowest BCUT2D eigenvalue weighted by Crippen LogP contribution is -2.38. The van der Waals surface area contributed by atoms with Gasteiger partial charge in [-0.15, -0.1) is 0 Å². The molecule has 1 aliphatic rings. The van der Waals surface area contributed by atoms with Crippen LogP contribution in [0.25, 0.3) is 0 Å². The van der Waals surface area contributed by atoms with Crippen LogP contribution in [0.5, 0.6) is 5.75 Å². The third-order valence-corrected chi connectivity index (χ3v) is 4.32. The van der Waals surface area contributed by atoms with Gasteiger partial charge in [0.1, 0.15) is 11.5 Å². The molecule has 1 aromatic carbocycles. The molecule has 0 unspecified atom stereocenters. The molecule has 3 rings (SSSR count). The molecule has 0 spiro atoms. The number of fused-ring (bicyclic) bond motifs is 1. The number of furan rings is 1. The first kappa shape index (κ1) is 18.7. The van der Waals surface area contributed by atoms with Gasteiger partial charge < -0.3 is 14.5 Å². The first-order valence-corrected chi connectivity index (χ1v) is 8.94. The van der Waals surface area contributed by atoms with Gasteiger partial charge in [0.25, 0.3) is 11.8 Å². The number of benzene rings is 1. The van der Waals surface area contributed by atoms with Gasteiger partial charge in [-0.2, -0.15) is 0 Å². The molecule has 0 radical (unpaired) electrons. The lowest BCUT2D eigenvalue weighted by atomic mass is 10.1. The van der Waals surface area contributed by atoms with E-state index in [-0.39, 0.29) is 36.5 Å². The minimum Gasteiger partial charge on any atom is -0.482 e. The minimum atomic E-state index is -0.276. The summed E-state index contributed by atoms with van der Waals surface area (Å²) in [7, 11) is 0. The van der Waals surface area contributed by atoms with Gasteiger partial charge in [-0.05, 0) is 43.7 Å². The Kier molecular flexibility index (Phi) is 5.59. The highest BCUT2D eigenvalue weighted by Gasteiger charge is 2.27. The fraction of sp³-hybridized carbons (Fsp3) is 0.350. The van der Waals surface area contributed by atoms with Gasteiger partial charge >= 0.3 is 0 Å². The van der Waals surface area contributed by atoms with Crippen LogP contribution < -0.4 is 15.0 Å². The number of amides is 2. The topological polar surface area (TPSA) is 88.9 Å². The van der Waals surface area contributed by atoms with Crippen molar-refractivity contribution in [1.29, 1.82) is 0 Å². The van der Waals surface area contributed by atoms with E-state index < -0.39 is 0 Å². The Balaban J connectivity index is 1.78. The van der Waals surface area contributed by atoms with E-state index in [0.29, 0.717) is 29.3 Å². The Morgan fingerprint density at radius 1 is 1.22 bits per heavy atom. The number of ketones is 1. The van der Waals surface area contributed by atoms with Crippen LogP contribution in [0.15, 0.2) is 34.7 Å². The second-order valence-electron chi connectivity index (χ2n) is 6.38. The molecule has 0 aliphatic carbocycles. The normalized spacial score (nSPS) is 13.1. The summed E-state index contributed by atoms with van der Waals surface area (Å²) >= 11 is 0. The Labute approximate surface area is 157 Å². The summed E-state index contributed by atoms with van der Waals surface area (Å²) in [5, 5.41) is 2.79. The van der Waals surface area contributed by atoms with Crippen LogP contribution in [0.4, 0.5) is 5.69 Å². The largest absolute Gasteiger partial charge is 0.482 e. The van der Waals surface area contributed by atoms with Crippen molar-refractivity contribution in [2.75, 3.05) is 18.1 Å². The standard InChI is InChI=1S/C20H22N2O5/c1-3-4-9-21-20(25)18-8-6-15(27-18)11-22-16-10-14(13(2)23)5-7-17(16)26-12-19(22)24/h5-8,10H,3-4,9,11-12H2,1-2H3,(H,21,25). The van der Waals surface area contributed by atoms with E-state index in [1.807, 2.05) is 6.92 Å². The lowest BCUT2D eigenvalue weighted by molar-refractivity contribution is -0.121. The average molecular weight is 370 g/mol. The number of nitrogens with one attached hydrogen (secondary N) is 1. The van der Waals surface area contributed by atoms with E-state index in [0.717, 1.165) is 12.8 Å². The summed E-state index contributed by atoms with van der Waals surface area (Å²) < 4.78 is 11.0.